The first-order valence-corrected chi connectivity index (χ1v) is 15.0. The molecule has 7 nitrogen and oxygen atoms in total. The summed E-state index contributed by atoms with van der Waals surface area (Å²) in [6.07, 6.45) is 2.94. The molecule has 2 aromatic heterocycles. The maximum absolute atomic E-state index is 13.1. The van der Waals surface area contributed by atoms with Gasteiger partial charge in [0.15, 0.2) is 4.34 Å². The van der Waals surface area contributed by atoms with Crippen LogP contribution in [0.3, 0.4) is 0 Å². The van der Waals surface area contributed by atoms with Crippen LogP contribution < -0.4 is 10.1 Å². The van der Waals surface area contributed by atoms with Crippen LogP contribution in [-0.2, 0) is 22.6 Å². The number of hydrogen-bond donors (Lipinski definition) is 2. The van der Waals surface area contributed by atoms with Crippen molar-refractivity contribution in [2.45, 2.75) is 36.7 Å². The van der Waals surface area contributed by atoms with Gasteiger partial charge in [-0.05, 0) is 36.2 Å². The van der Waals surface area contributed by atoms with Crippen LogP contribution in [0.25, 0.3) is 21.1 Å². The zero-order chi connectivity index (χ0) is 27.9. The van der Waals surface area contributed by atoms with E-state index in [0.29, 0.717) is 31.7 Å². The predicted molar refractivity (Wildman–Crippen MR) is 165 cm³/mol. The van der Waals surface area contributed by atoms with E-state index in [1.165, 1.54) is 0 Å². The molecule has 1 atom stereocenters. The van der Waals surface area contributed by atoms with Crippen molar-refractivity contribution in [2.24, 2.45) is 0 Å². The van der Waals surface area contributed by atoms with Crippen molar-refractivity contribution in [3.8, 4) is 5.75 Å². The number of ether oxygens (including phenoxy) is 1. The minimum Gasteiger partial charge on any atom is -0.496 e. The van der Waals surface area contributed by atoms with Crippen LogP contribution in [0, 0.1) is 0 Å². The predicted octanol–water partition coefficient (Wildman–Crippen LogP) is 6.29. The number of benzene rings is 3. The van der Waals surface area contributed by atoms with Gasteiger partial charge in [0.1, 0.15) is 5.75 Å². The lowest BCUT2D eigenvalue weighted by Gasteiger charge is -2.28. The Hall–Kier alpha value is -3.82. The third-order valence-corrected chi connectivity index (χ3v) is 8.96. The molecule has 40 heavy (non-hydrogen) atoms. The van der Waals surface area contributed by atoms with E-state index < -0.39 is 0 Å². The second-order valence-corrected chi connectivity index (χ2v) is 12.0. The highest BCUT2D eigenvalue weighted by molar-refractivity contribution is 8.01. The van der Waals surface area contributed by atoms with Gasteiger partial charge in [0.2, 0.25) is 11.8 Å². The number of rotatable bonds is 12. The van der Waals surface area contributed by atoms with Gasteiger partial charge < -0.3 is 19.9 Å². The molecule has 0 saturated carbocycles. The van der Waals surface area contributed by atoms with Gasteiger partial charge in [0, 0.05) is 56.3 Å². The Morgan fingerprint density at radius 3 is 2.67 bits per heavy atom. The van der Waals surface area contributed by atoms with Crippen LogP contribution in [0.2, 0.25) is 0 Å². The highest BCUT2D eigenvalue weighted by atomic mass is 32.2. The number of aromatic nitrogens is 2. The summed E-state index contributed by atoms with van der Waals surface area (Å²) < 4.78 is 7.62. The molecule has 2 heterocycles. The van der Waals surface area contributed by atoms with E-state index in [1.807, 2.05) is 66.9 Å². The van der Waals surface area contributed by atoms with Crippen molar-refractivity contribution < 1.29 is 15.8 Å². The Morgan fingerprint density at radius 2 is 1.85 bits per heavy atom. The number of carbonyl (C=O) groups is 2. The fourth-order valence-electron chi connectivity index (χ4n) is 4.78. The van der Waals surface area contributed by atoms with Gasteiger partial charge in [-0.15, -0.1) is 11.3 Å². The Labute approximate surface area is 243 Å². The molecule has 0 spiro atoms. The monoisotopic (exact) mass is 574 g/mol. The van der Waals surface area contributed by atoms with E-state index in [0.717, 1.165) is 42.3 Å². The summed E-state index contributed by atoms with van der Waals surface area (Å²) >= 11 is 3.24. The average Bonchev–Trinajstić information content (AvgIpc) is 3.56. The van der Waals surface area contributed by atoms with Gasteiger partial charge >= 0.3 is 0 Å². The molecular formula is C31H34N4O3S2. The van der Waals surface area contributed by atoms with E-state index in [9.17, 15) is 9.59 Å². The van der Waals surface area contributed by atoms with Crippen LogP contribution >= 0.6 is 23.1 Å². The second kappa shape index (κ2) is 13.0. The summed E-state index contributed by atoms with van der Waals surface area (Å²) in [5.74, 6) is 1.26. The smallest absolute Gasteiger partial charge is 0.221 e. The van der Waals surface area contributed by atoms with E-state index in [4.69, 9.17) is 4.74 Å². The third kappa shape index (κ3) is 6.84. The highest BCUT2D eigenvalue weighted by Crippen LogP contribution is 2.29. The number of methoxy groups -OCH3 is 1. The lowest BCUT2D eigenvalue weighted by molar-refractivity contribution is -0.130. The van der Waals surface area contributed by atoms with Crippen molar-refractivity contribution in [3.05, 3.63) is 90.1 Å². The van der Waals surface area contributed by atoms with Gasteiger partial charge in [0.25, 0.3) is 0 Å². The second-order valence-electron chi connectivity index (χ2n) is 9.59. The molecule has 0 aliphatic carbocycles. The maximum atomic E-state index is 13.1. The number of thiazole rings is 1. The number of nitrogens with one attached hydrogen (secondary N) is 2. The number of aromatic amines is 1. The third-order valence-electron chi connectivity index (χ3n) is 6.78. The molecule has 5 rings (SSSR count). The molecule has 2 N–H and O–H groups in total. The van der Waals surface area contributed by atoms with Crippen molar-refractivity contribution in [1.82, 2.24) is 20.2 Å². The molecule has 9 heteroatoms. The Kier molecular flexibility index (Phi) is 9.03. The normalized spacial score (nSPS) is 11.9. The average molecular weight is 575 g/mol. The highest BCUT2D eigenvalue weighted by Gasteiger charge is 2.22. The number of amides is 2. The standard InChI is InChI=1S/C31H32N4O3S2.H2/c1-21(36)35(19-22-9-3-7-13-28(22)38-2)20-24(17-23-18-32-26-11-5-4-10-25(23)26)33-30(37)15-16-39-31-34-27-12-6-8-14-29(27)40-31;/h3-14,18,24,32H,15-17,19-20H2,1-2H3,(H,33,37);1H. The van der Waals surface area contributed by atoms with Crippen LogP contribution in [0.1, 0.15) is 25.9 Å². The minimum atomic E-state index is -0.266. The fraction of sp³-hybridized carbons (Fsp3) is 0.258. The maximum Gasteiger partial charge on any atom is 0.221 e. The zero-order valence-electron chi connectivity index (χ0n) is 22.6. The topological polar surface area (TPSA) is 87.3 Å². The zero-order valence-corrected chi connectivity index (χ0v) is 24.2. The van der Waals surface area contributed by atoms with E-state index >= 15 is 0 Å². The van der Waals surface area contributed by atoms with Crippen LogP contribution in [0.15, 0.2) is 83.3 Å². The van der Waals surface area contributed by atoms with Gasteiger partial charge in [-0.1, -0.05) is 60.3 Å². The lowest BCUT2D eigenvalue weighted by atomic mass is 10.0. The van der Waals surface area contributed by atoms with Crippen molar-refractivity contribution >= 4 is 56.0 Å². The van der Waals surface area contributed by atoms with Crippen molar-refractivity contribution in [3.63, 3.8) is 0 Å². The number of thioether (sulfide) groups is 1. The Balaban J connectivity index is 0.00000387. The number of para-hydroxylation sites is 3. The molecule has 1 unspecified atom stereocenters. The van der Waals surface area contributed by atoms with E-state index in [2.05, 4.69) is 27.4 Å². The number of carbonyl (C=O) groups excluding carboxylic acids is 2. The summed E-state index contributed by atoms with van der Waals surface area (Å²) in [6, 6.07) is 23.6. The molecule has 0 fully saturated rings. The molecule has 5 aromatic rings. The first-order valence-electron chi connectivity index (χ1n) is 13.2. The Morgan fingerprint density at radius 1 is 1.07 bits per heavy atom. The number of fused-ring (bicyclic) bond motifs is 2. The summed E-state index contributed by atoms with van der Waals surface area (Å²) in [6.45, 7) is 2.34. The molecular weight excluding hydrogens is 541 g/mol. The summed E-state index contributed by atoms with van der Waals surface area (Å²) in [4.78, 5) is 35.6. The molecule has 2 amide bonds. The van der Waals surface area contributed by atoms with E-state index in [-0.39, 0.29) is 19.3 Å². The minimum absolute atomic E-state index is 0. The lowest BCUT2D eigenvalue weighted by Crippen LogP contribution is -2.46. The first kappa shape index (κ1) is 27.7. The molecule has 0 radical (unpaired) electrons. The quantitative estimate of drug-likeness (QED) is 0.171. The molecule has 0 saturated heterocycles. The Bertz CT molecular complexity index is 1590. The van der Waals surface area contributed by atoms with Crippen LogP contribution in [0.5, 0.6) is 5.75 Å². The largest absolute Gasteiger partial charge is 0.496 e. The summed E-state index contributed by atoms with van der Waals surface area (Å²) in [5.41, 5.74) is 4.06. The van der Waals surface area contributed by atoms with Crippen molar-refractivity contribution in [1.29, 1.82) is 0 Å². The molecule has 0 aliphatic heterocycles. The fourth-order valence-corrected chi connectivity index (χ4v) is 6.86. The van der Waals surface area contributed by atoms with Gasteiger partial charge in [0.05, 0.1) is 23.4 Å². The first-order chi connectivity index (χ1) is 19.5. The number of H-pyrrole nitrogens is 1. The summed E-state index contributed by atoms with van der Waals surface area (Å²) in [5, 5.41) is 4.34. The molecule has 0 bridgehead atoms. The van der Waals surface area contributed by atoms with Gasteiger partial charge in [-0.2, -0.15) is 0 Å². The van der Waals surface area contributed by atoms with E-state index in [1.54, 1.807) is 42.0 Å². The summed E-state index contributed by atoms with van der Waals surface area (Å²) in [7, 11) is 1.63. The number of nitrogens with zero attached hydrogens (tertiary/aromatic N) is 2. The van der Waals surface area contributed by atoms with Crippen LogP contribution in [0.4, 0.5) is 0 Å². The van der Waals surface area contributed by atoms with Gasteiger partial charge in [-0.3, -0.25) is 9.59 Å². The van der Waals surface area contributed by atoms with Gasteiger partial charge in [-0.25, -0.2) is 4.98 Å². The van der Waals surface area contributed by atoms with Crippen molar-refractivity contribution in [2.75, 3.05) is 19.4 Å². The molecule has 3 aromatic carbocycles. The molecule has 0 aliphatic rings. The number of hydrogen-bond acceptors (Lipinski definition) is 6. The molecule has 208 valence electrons. The SMILES string of the molecule is COc1ccccc1CN(CC(Cc1c[nH]c2ccccc12)NC(=O)CCSc1nc2ccccc2s1)C(C)=O.[HH]. The van der Waals surface area contributed by atoms with Crippen LogP contribution in [-0.4, -0.2) is 52.1 Å².